The molecule has 1 aliphatic carbocycles. The van der Waals surface area contributed by atoms with Gasteiger partial charge in [0.2, 0.25) is 5.82 Å². The largest absolute Gasteiger partial charge is 0.343 e. The number of hydrogen-bond acceptors (Lipinski definition) is 4. The van der Waals surface area contributed by atoms with Crippen molar-refractivity contribution in [2.45, 2.75) is 31.2 Å². The van der Waals surface area contributed by atoms with Crippen molar-refractivity contribution in [3.63, 3.8) is 0 Å². The number of H-pyrrole nitrogens is 1. The molecule has 4 N–H and O–H groups in total. The highest BCUT2D eigenvalue weighted by Crippen LogP contribution is 2.28. The monoisotopic (exact) mass is 209 g/mol. The van der Waals surface area contributed by atoms with Crippen LogP contribution < -0.4 is 11.1 Å². The molecule has 82 valence electrons. The van der Waals surface area contributed by atoms with E-state index in [0.29, 0.717) is 6.54 Å². The highest BCUT2D eigenvalue weighted by Gasteiger charge is 2.34. The van der Waals surface area contributed by atoms with Gasteiger partial charge in [0.15, 0.2) is 0 Å². The van der Waals surface area contributed by atoms with Crippen LogP contribution in [0.4, 0.5) is 0 Å². The zero-order valence-corrected chi connectivity index (χ0v) is 8.49. The molecule has 0 bridgehead atoms. The number of nitrogens with one attached hydrogen (secondary N) is 2. The summed E-state index contributed by atoms with van der Waals surface area (Å²) < 4.78 is 0. The molecule has 1 fully saturated rings. The van der Waals surface area contributed by atoms with E-state index in [1.165, 1.54) is 6.33 Å². The molecule has 1 aromatic heterocycles. The molecule has 0 aliphatic heterocycles. The number of nitrogens with two attached hydrogens (primary N) is 1. The second-order valence-electron chi connectivity index (χ2n) is 3.98. The van der Waals surface area contributed by atoms with Gasteiger partial charge in [-0.25, -0.2) is 4.98 Å². The fraction of sp³-hybridized carbons (Fsp3) is 0.667. The lowest BCUT2D eigenvalue weighted by atomic mass is 9.98. The number of carbonyl (C=O) groups is 1. The summed E-state index contributed by atoms with van der Waals surface area (Å²) in [5.74, 6) is 0.0228. The molecule has 0 aromatic carbocycles. The van der Waals surface area contributed by atoms with Crippen LogP contribution in [0.3, 0.4) is 0 Å². The topological polar surface area (TPSA) is 96.7 Å². The highest BCUT2D eigenvalue weighted by atomic mass is 16.2. The Hall–Kier alpha value is -1.43. The van der Waals surface area contributed by atoms with E-state index in [1.807, 2.05) is 0 Å². The summed E-state index contributed by atoms with van der Waals surface area (Å²) in [4.78, 5) is 15.5. The summed E-state index contributed by atoms with van der Waals surface area (Å²) in [6, 6.07) is 0. The number of hydrogen-bond donors (Lipinski definition) is 3. The van der Waals surface area contributed by atoms with Crippen molar-refractivity contribution in [1.82, 2.24) is 20.5 Å². The van der Waals surface area contributed by atoms with E-state index in [1.54, 1.807) is 0 Å². The van der Waals surface area contributed by atoms with Crippen LogP contribution >= 0.6 is 0 Å². The summed E-state index contributed by atoms with van der Waals surface area (Å²) in [6.45, 7) is 0.479. The molecule has 0 radical (unpaired) electrons. The SMILES string of the molecule is NCC1(NC(=O)c2ncn[nH]2)CCCC1. The summed E-state index contributed by atoms with van der Waals surface area (Å²) in [6.07, 6.45) is 5.45. The third-order valence-electron chi connectivity index (χ3n) is 2.96. The molecule has 0 saturated heterocycles. The lowest BCUT2D eigenvalue weighted by Crippen LogP contribution is -2.51. The molecule has 0 atom stereocenters. The molecule has 6 nitrogen and oxygen atoms in total. The summed E-state index contributed by atoms with van der Waals surface area (Å²) in [7, 11) is 0. The minimum Gasteiger partial charge on any atom is -0.343 e. The number of carbonyl (C=O) groups excluding carboxylic acids is 1. The third kappa shape index (κ3) is 1.99. The van der Waals surface area contributed by atoms with E-state index in [9.17, 15) is 4.79 Å². The first-order chi connectivity index (χ1) is 7.26. The van der Waals surface area contributed by atoms with Crippen molar-refractivity contribution in [2.24, 2.45) is 5.73 Å². The van der Waals surface area contributed by atoms with E-state index in [0.717, 1.165) is 25.7 Å². The normalized spacial score (nSPS) is 19.0. The van der Waals surface area contributed by atoms with Crippen LogP contribution in [-0.4, -0.2) is 33.2 Å². The molecule has 1 heterocycles. The molecular weight excluding hydrogens is 194 g/mol. The van der Waals surface area contributed by atoms with Gasteiger partial charge in [-0.05, 0) is 12.8 Å². The average Bonchev–Trinajstić information content (AvgIpc) is 2.88. The van der Waals surface area contributed by atoms with E-state index in [-0.39, 0.29) is 17.3 Å². The predicted molar refractivity (Wildman–Crippen MR) is 54.1 cm³/mol. The Bertz CT molecular complexity index is 328. The van der Waals surface area contributed by atoms with E-state index >= 15 is 0 Å². The van der Waals surface area contributed by atoms with Crippen LogP contribution in [0.2, 0.25) is 0 Å². The first kappa shape index (κ1) is 10.1. The van der Waals surface area contributed by atoms with Gasteiger partial charge in [0.1, 0.15) is 6.33 Å². The molecular formula is C9H15N5O. The maximum atomic E-state index is 11.7. The second-order valence-corrected chi connectivity index (χ2v) is 3.98. The number of aromatic amines is 1. The van der Waals surface area contributed by atoms with Crippen molar-refractivity contribution in [1.29, 1.82) is 0 Å². The van der Waals surface area contributed by atoms with Crippen LogP contribution in [-0.2, 0) is 0 Å². The number of nitrogens with zero attached hydrogens (tertiary/aromatic N) is 2. The maximum absolute atomic E-state index is 11.7. The molecule has 1 saturated carbocycles. The number of amides is 1. The van der Waals surface area contributed by atoms with Crippen LogP contribution in [0.5, 0.6) is 0 Å². The Morgan fingerprint density at radius 2 is 2.33 bits per heavy atom. The number of rotatable bonds is 3. The van der Waals surface area contributed by atoms with Crippen molar-refractivity contribution in [3.8, 4) is 0 Å². The Labute approximate surface area is 87.6 Å². The van der Waals surface area contributed by atoms with Crippen LogP contribution in [0.25, 0.3) is 0 Å². The molecule has 1 aromatic rings. The van der Waals surface area contributed by atoms with E-state index in [4.69, 9.17) is 5.73 Å². The Balaban J connectivity index is 2.04. The fourth-order valence-electron chi connectivity index (χ4n) is 2.05. The maximum Gasteiger partial charge on any atom is 0.289 e. The van der Waals surface area contributed by atoms with Crippen molar-refractivity contribution < 1.29 is 4.79 Å². The number of aromatic nitrogens is 3. The minimum absolute atomic E-state index is 0.222. The standard InChI is InChI=1S/C9H15N5O/c10-5-9(3-1-2-4-9)13-8(15)7-11-6-12-14-7/h6H,1-5,10H2,(H,13,15)(H,11,12,14). The molecule has 1 amide bonds. The lowest BCUT2D eigenvalue weighted by Gasteiger charge is -2.27. The van der Waals surface area contributed by atoms with Gasteiger partial charge >= 0.3 is 0 Å². The molecule has 15 heavy (non-hydrogen) atoms. The first-order valence-electron chi connectivity index (χ1n) is 5.14. The molecule has 2 rings (SSSR count). The van der Waals surface area contributed by atoms with Gasteiger partial charge in [-0.1, -0.05) is 12.8 Å². The van der Waals surface area contributed by atoms with Gasteiger partial charge in [-0.3, -0.25) is 9.89 Å². The molecule has 1 aliphatic rings. The van der Waals surface area contributed by atoms with Crippen LogP contribution in [0.1, 0.15) is 36.3 Å². The molecule has 6 heteroatoms. The smallest absolute Gasteiger partial charge is 0.289 e. The first-order valence-corrected chi connectivity index (χ1v) is 5.14. The lowest BCUT2D eigenvalue weighted by molar-refractivity contribution is 0.0893. The molecule has 0 unspecified atom stereocenters. The Morgan fingerprint density at radius 3 is 2.87 bits per heavy atom. The van der Waals surface area contributed by atoms with Crippen LogP contribution in [0.15, 0.2) is 6.33 Å². The highest BCUT2D eigenvalue weighted by molar-refractivity contribution is 5.90. The zero-order valence-electron chi connectivity index (χ0n) is 8.49. The zero-order chi connectivity index (χ0) is 10.7. The van der Waals surface area contributed by atoms with E-state index < -0.39 is 0 Å². The minimum atomic E-state index is -0.232. The van der Waals surface area contributed by atoms with Crippen molar-refractivity contribution in [3.05, 3.63) is 12.2 Å². The fourth-order valence-corrected chi connectivity index (χ4v) is 2.05. The van der Waals surface area contributed by atoms with Gasteiger partial charge in [-0.2, -0.15) is 5.10 Å². The third-order valence-corrected chi connectivity index (χ3v) is 2.96. The summed E-state index contributed by atoms with van der Waals surface area (Å²) in [5, 5.41) is 9.12. The second kappa shape index (κ2) is 3.98. The Kier molecular flexibility index (Phi) is 2.68. The van der Waals surface area contributed by atoms with Gasteiger partial charge in [0.05, 0.1) is 5.54 Å². The molecule has 0 spiro atoms. The van der Waals surface area contributed by atoms with Gasteiger partial charge in [0, 0.05) is 6.54 Å². The summed E-state index contributed by atoms with van der Waals surface area (Å²) in [5.41, 5.74) is 5.48. The van der Waals surface area contributed by atoms with Crippen LogP contribution in [0, 0.1) is 0 Å². The van der Waals surface area contributed by atoms with Gasteiger partial charge in [0.25, 0.3) is 5.91 Å². The van der Waals surface area contributed by atoms with E-state index in [2.05, 4.69) is 20.5 Å². The average molecular weight is 209 g/mol. The Morgan fingerprint density at radius 1 is 1.60 bits per heavy atom. The van der Waals surface area contributed by atoms with Crippen molar-refractivity contribution in [2.75, 3.05) is 6.54 Å². The van der Waals surface area contributed by atoms with Gasteiger partial charge in [-0.15, -0.1) is 0 Å². The van der Waals surface area contributed by atoms with Gasteiger partial charge < -0.3 is 11.1 Å². The predicted octanol–water partition coefficient (Wildman–Crippen LogP) is -0.194. The quantitative estimate of drug-likeness (QED) is 0.642. The van der Waals surface area contributed by atoms with Crippen molar-refractivity contribution >= 4 is 5.91 Å². The summed E-state index contributed by atoms with van der Waals surface area (Å²) >= 11 is 0.